The molecule has 0 spiro atoms. The molecule has 1 heterocycles. The Labute approximate surface area is 111 Å². The van der Waals surface area contributed by atoms with Crippen molar-refractivity contribution in [3.05, 3.63) is 62.2 Å². The second-order valence-electron chi connectivity index (χ2n) is 4.06. The Morgan fingerprint density at radius 2 is 1.95 bits per heavy atom. The third-order valence-electron chi connectivity index (χ3n) is 2.53. The monoisotopic (exact) mass is 279 g/mol. The molecular formula is C12H10FN3O4. The summed E-state index contributed by atoms with van der Waals surface area (Å²) in [6.07, 6.45) is 0.0650. The molecule has 1 aromatic carbocycles. The fourth-order valence-corrected chi connectivity index (χ4v) is 1.62. The van der Waals surface area contributed by atoms with Gasteiger partial charge in [0.1, 0.15) is 18.1 Å². The van der Waals surface area contributed by atoms with Crippen molar-refractivity contribution in [3.8, 4) is 0 Å². The van der Waals surface area contributed by atoms with Gasteiger partial charge in [0, 0.05) is 6.42 Å². The largest absolute Gasteiger partial charge is 0.480 e. The highest BCUT2D eigenvalue weighted by atomic mass is 19.1. The lowest BCUT2D eigenvalue weighted by Crippen LogP contribution is -2.36. The van der Waals surface area contributed by atoms with Crippen molar-refractivity contribution in [2.45, 2.75) is 13.0 Å². The number of rotatable bonds is 4. The molecule has 7 nitrogen and oxygen atoms in total. The van der Waals surface area contributed by atoms with Crippen LogP contribution in [0.5, 0.6) is 0 Å². The number of halogens is 1. The zero-order valence-corrected chi connectivity index (χ0v) is 10.2. The third kappa shape index (κ3) is 3.16. The van der Waals surface area contributed by atoms with Crippen molar-refractivity contribution < 1.29 is 14.3 Å². The molecule has 8 heteroatoms. The Hall–Kier alpha value is -2.77. The summed E-state index contributed by atoms with van der Waals surface area (Å²) in [5.41, 5.74) is -0.983. The number of nitrogens with zero attached hydrogens (tertiary/aromatic N) is 2. The average molecular weight is 279 g/mol. The van der Waals surface area contributed by atoms with E-state index in [1.54, 1.807) is 0 Å². The normalized spacial score (nSPS) is 10.4. The Morgan fingerprint density at radius 1 is 1.30 bits per heavy atom. The molecular weight excluding hydrogens is 269 g/mol. The van der Waals surface area contributed by atoms with Gasteiger partial charge in [0.2, 0.25) is 0 Å². The lowest BCUT2D eigenvalue weighted by atomic mass is 10.1. The zero-order valence-electron chi connectivity index (χ0n) is 10.2. The summed E-state index contributed by atoms with van der Waals surface area (Å²) >= 11 is 0. The van der Waals surface area contributed by atoms with Gasteiger partial charge in [0.25, 0.3) is 5.56 Å². The van der Waals surface area contributed by atoms with Crippen molar-refractivity contribution in [2.24, 2.45) is 0 Å². The molecule has 0 bridgehead atoms. The third-order valence-corrected chi connectivity index (χ3v) is 2.53. The molecule has 0 saturated heterocycles. The number of aromatic amines is 1. The molecule has 2 aromatic rings. The minimum Gasteiger partial charge on any atom is -0.480 e. The second-order valence-corrected chi connectivity index (χ2v) is 4.06. The van der Waals surface area contributed by atoms with Crippen LogP contribution in [-0.2, 0) is 17.8 Å². The number of carboxylic acids is 1. The highest BCUT2D eigenvalue weighted by Gasteiger charge is 2.10. The summed E-state index contributed by atoms with van der Waals surface area (Å²) in [5.74, 6) is -1.66. The summed E-state index contributed by atoms with van der Waals surface area (Å²) in [6, 6.07) is 5.42. The number of aliphatic carboxylic acids is 1. The summed E-state index contributed by atoms with van der Waals surface area (Å²) < 4.78 is 13.4. The van der Waals surface area contributed by atoms with E-state index in [4.69, 9.17) is 5.11 Å². The van der Waals surface area contributed by atoms with Crippen LogP contribution in [0.25, 0.3) is 0 Å². The van der Waals surface area contributed by atoms with Crippen LogP contribution >= 0.6 is 0 Å². The number of carboxylic acid groups (broad SMARTS) is 1. The lowest BCUT2D eigenvalue weighted by Gasteiger charge is -2.04. The fourth-order valence-electron chi connectivity index (χ4n) is 1.62. The van der Waals surface area contributed by atoms with Gasteiger partial charge in [0.05, 0.1) is 0 Å². The van der Waals surface area contributed by atoms with E-state index in [2.05, 4.69) is 5.10 Å². The number of nitrogens with one attached hydrogen (secondary N) is 1. The minimum absolute atomic E-state index is 0.0162. The Bertz CT molecular complexity index is 749. The molecule has 1 aromatic heterocycles. The van der Waals surface area contributed by atoms with Crippen molar-refractivity contribution in [3.63, 3.8) is 0 Å². The van der Waals surface area contributed by atoms with Gasteiger partial charge in [-0.05, 0) is 17.7 Å². The van der Waals surface area contributed by atoms with Crippen molar-refractivity contribution in [1.29, 1.82) is 0 Å². The molecule has 20 heavy (non-hydrogen) atoms. The highest BCUT2D eigenvalue weighted by molar-refractivity contribution is 5.66. The quantitative estimate of drug-likeness (QED) is 0.802. The molecule has 104 valence electrons. The van der Waals surface area contributed by atoms with E-state index < -0.39 is 29.6 Å². The van der Waals surface area contributed by atoms with Gasteiger partial charge >= 0.3 is 11.7 Å². The minimum atomic E-state index is -1.25. The van der Waals surface area contributed by atoms with E-state index in [0.717, 1.165) is 0 Å². The lowest BCUT2D eigenvalue weighted by molar-refractivity contribution is -0.138. The Kier molecular flexibility index (Phi) is 3.74. The van der Waals surface area contributed by atoms with E-state index in [-0.39, 0.29) is 12.1 Å². The molecule has 0 aliphatic heterocycles. The summed E-state index contributed by atoms with van der Waals surface area (Å²) in [6.45, 7) is -0.647. The number of hydrogen-bond acceptors (Lipinski definition) is 4. The van der Waals surface area contributed by atoms with Gasteiger partial charge in [-0.15, -0.1) is 0 Å². The highest BCUT2D eigenvalue weighted by Crippen LogP contribution is 2.05. The number of hydrogen-bond donors (Lipinski definition) is 2. The zero-order chi connectivity index (χ0) is 14.7. The summed E-state index contributed by atoms with van der Waals surface area (Å²) in [7, 11) is 0. The van der Waals surface area contributed by atoms with Crippen LogP contribution in [0.3, 0.4) is 0 Å². The Balaban J connectivity index is 2.36. The van der Waals surface area contributed by atoms with E-state index in [1.165, 1.54) is 24.3 Å². The van der Waals surface area contributed by atoms with Crippen LogP contribution in [0.1, 0.15) is 11.3 Å². The smallest absolute Gasteiger partial charge is 0.345 e. The first-order chi connectivity index (χ1) is 9.45. The van der Waals surface area contributed by atoms with Crippen molar-refractivity contribution in [2.75, 3.05) is 0 Å². The SMILES string of the molecule is O=C(O)Cn1nc(Cc2ccc(F)cc2)c(=O)[nH]c1=O. The predicted octanol–water partition coefficient (Wildman–Crippen LogP) is -0.254. The molecule has 0 radical (unpaired) electrons. The van der Waals surface area contributed by atoms with Crippen LogP contribution in [-0.4, -0.2) is 25.8 Å². The van der Waals surface area contributed by atoms with Gasteiger partial charge in [-0.25, -0.2) is 13.9 Å². The molecule has 0 saturated carbocycles. The maximum atomic E-state index is 12.8. The van der Waals surface area contributed by atoms with Crippen molar-refractivity contribution in [1.82, 2.24) is 14.8 Å². The first-order valence-corrected chi connectivity index (χ1v) is 5.62. The standard InChI is InChI=1S/C12H10FN3O4/c13-8-3-1-7(2-4-8)5-9-11(19)14-12(20)16(15-9)6-10(17)18/h1-4H,5-6H2,(H,17,18)(H,14,19,20). The molecule has 0 amide bonds. The molecule has 0 aliphatic carbocycles. The van der Waals surface area contributed by atoms with Gasteiger partial charge in [-0.2, -0.15) is 5.10 Å². The van der Waals surface area contributed by atoms with Gasteiger partial charge in [0.15, 0.2) is 0 Å². The molecule has 2 rings (SSSR count). The molecule has 0 aliphatic rings. The molecule has 0 atom stereocenters. The second kappa shape index (κ2) is 5.47. The number of benzene rings is 1. The maximum Gasteiger partial charge on any atom is 0.345 e. The van der Waals surface area contributed by atoms with Gasteiger partial charge in [-0.3, -0.25) is 14.6 Å². The average Bonchev–Trinajstić information content (AvgIpc) is 2.37. The van der Waals surface area contributed by atoms with Crippen LogP contribution in [0.2, 0.25) is 0 Å². The van der Waals surface area contributed by atoms with E-state index in [9.17, 15) is 18.8 Å². The van der Waals surface area contributed by atoms with E-state index in [1.807, 2.05) is 4.98 Å². The number of H-pyrrole nitrogens is 1. The first kappa shape index (κ1) is 13.7. The van der Waals surface area contributed by atoms with Crippen LogP contribution in [0.15, 0.2) is 33.9 Å². The van der Waals surface area contributed by atoms with Gasteiger partial charge < -0.3 is 5.11 Å². The number of carbonyl (C=O) groups is 1. The van der Waals surface area contributed by atoms with E-state index in [0.29, 0.717) is 10.2 Å². The molecule has 0 fully saturated rings. The Morgan fingerprint density at radius 3 is 2.55 bits per heavy atom. The van der Waals surface area contributed by atoms with E-state index >= 15 is 0 Å². The first-order valence-electron chi connectivity index (χ1n) is 5.62. The maximum absolute atomic E-state index is 12.8. The number of aromatic nitrogens is 3. The van der Waals surface area contributed by atoms with Crippen LogP contribution < -0.4 is 11.2 Å². The predicted molar refractivity (Wildman–Crippen MR) is 66.0 cm³/mol. The van der Waals surface area contributed by atoms with Crippen molar-refractivity contribution >= 4 is 5.97 Å². The van der Waals surface area contributed by atoms with Crippen LogP contribution in [0.4, 0.5) is 4.39 Å². The summed E-state index contributed by atoms with van der Waals surface area (Å²) in [5, 5.41) is 12.4. The molecule has 2 N–H and O–H groups in total. The topological polar surface area (TPSA) is 105 Å². The van der Waals surface area contributed by atoms with Crippen LogP contribution in [0, 0.1) is 5.82 Å². The molecule has 0 unspecified atom stereocenters. The summed E-state index contributed by atoms with van der Waals surface area (Å²) in [4.78, 5) is 35.5. The fraction of sp³-hybridized carbons (Fsp3) is 0.167. The van der Waals surface area contributed by atoms with Gasteiger partial charge in [-0.1, -0.05) is 12.1 Å².